The van der Waals surface area contributed by atoms with Gasteiger partial charge in [0, 0.05) is 17.7 Å². The van der Waals surface area contributed by atoms with Crippen molar-refractivity contribution in [1.82, 2.24) is 15.0 Å². The molecule has 2 aromatic carbocycles. The summed E-state index contributed by atoms with van der Waals surface area (Å²) in [4.78, 5) is 12.7. The van der Waals surface area contributed by atoms with E-state index in [1.54, 1.807) is 49.4 Å². The first-order valence-corrected chi connectivity index (χ1v) is 11.1. The summed E-state index contributed by atoms with van der Waals surface area (Å²) in [5.74, 6) is 1.64. The van der Waals surface area contributed by atoms with Crippen molar-refractivity contribution in [2.24, 2.45) is 11.5 Å². The maximum atomic E-state index is 12.7. The van der Waals surface area contributed by atoms with Crippen molar-refractivity contribution in [3.8, 4) is 39.9 Å². The van der Waals surface area contributed by atoms with Gasteiger partial charge in [-0.05, 0) is 37.6 Å². The van der Waals surface area contributed by atoms with Crippen molar-refractivity contribution in [3.63, 3.8) is 0 Å². The van der Waals surface area contributed by atoms with E-state index in [0.717, 1.165) is 18.4 Å². The van der Waals surface area contributed by atoms with E-state index in [0.29, 0.717) is 53.0 Å². The monoisotopic (exact) mass is 520 g/mol. The third kappa shape index (κ3) is 6.36. The van der Waals surface area contributed by atoms with Gasteiger partial charge in [0.25, 0.3) is 0 Å². The van der Waals surface area contributed by atoms with Crippen LogP contribution in [0.25, 0.3) is 16.9 Å². The van der Waals surface area contributed by atoms with E-state index in [-0.39, 0.29) is 18.3 Å². The molecule has 1 heterocycles. The zero-order valence-corrected chi connectivity index (χ0v) is 21.6. The van der Waals surface area contributed by atoms with Gasteiger partial charge in [-0.2, -0.15) is 0 Å². The molecular formula is C24H33ClN6O5. The van der Waals surface area contributed by atoms with Crippen LogP contribution in [0.1, 0.15) is 19.3 Å². The highest BCUT2D eigenvalue weighted by molar-refractivity contribution is 5.96. The summed E-state index contributed by atoms with van der Waals surface area (Å²) < 4.78 is 23.4. The minimum absolute atomic E-state index is 0. The number of hydrogen-bond acceptors (Lipinski definition) is 9. The molecule has 0 bridgehead atoms. The first kappa shape index (κ1) is 28.7. The van der Waals surface area contributed by atoms with Gasteiger partial charge in [0.15, 0.2) is 11.5 Å². The number of ether oxygens (including phenoxy) is 4. The molecule has 0 aliphatic heterocycles. The molecule has 1 unspecified atom stereocenters. The van der Waals surface area contributed by atoms with Crippen molar-refractivity contribution >= 4 is 24.0 Å². The van der Waals surface area contributed by atoms with Gasteiger partial charge in [-0.25, -0.2) is 4.68 Å². The largest absolute Gasteiger partial charge is 0.495 e. The number of benzene rings is 2. The number of nitrogens with two attached hydrogens (primary N) is 2. The highest BCUT2D eigenvalue weighted by Gasteiger charge is 2.19. The highest BCUT2D eigenvalue weighted by Crippen LogP contribution is 2.40. The fraction of sp³-hybridized carbons (Fsp3) is 0.375. The Balaban J connectivity index is 0.00000456. The number of anilines is 1. The number of nitrogens with zero attached hydrogens (tertiary/aromatic N) is 3. The lowest BCUT2D eigenvalue weighted by Gasteiger charge is -2.16. The van der Waals surface area contributed by atoms with E-state index < -0.39 is 6.04 Å². The van der Waals surface area contributed by atoms with Crippen molar-refractivity contribution in [3.05, 3.63) is 36.5 Å². The second-order valence-corrected chi connectivity index (χ2v) is 7.71. The predicted molar refractivity (Wildman–Crippen MR) is 140 cm³/mol. The van der Waals surface area contributed by atoms with Crippen LogP contribution in [-0.4, -0.2) is 61.9 Å². The van der Waals surface area contributed by atoms with Crippen LogP contribution in [0, 0.1) is 0 Å². The quantitative estimate of drug-likeness (QED) is 0.306. The van der Waals surface area contributed by atoms with Crippen LogP contribution in [0.3, 0.4) is 0 Å². The minimum Gasteiger partial charge on any atom is -0.495 e. The Bertz CT molecular complexity index is 1130. The molecule has 3 aromatic rings. The minimum atomic E-state index is -0.652. The second kappa shape index (κ2) is 13.5. The Hall–Kier alpha value is -3.54. The Morgan fingerprint density at radius 1 is 1.00 bits per heavy atom. The summed E-state index contributed by atoms with van der Waals surface area (Å²) in [6.07, 6.45) is 3.76. The molecule has 0 aliphatic carbocycles. The van der Waals surface area contributed by atoms with Crippen molar-refractivity contribution < 1.29 is 23.7 Å². The fourth-order valence-electron chi connectivity index (χ4n) is 3.64. The summed E-state index contributed by atoms with van der Waals surface area (Å²) in [5.41, 5.74) is 14.1. The number of rotatable bonds is 12. The van der Waals surface area contributed by atoms with Crippen LogP contribution in [0.5, 0.6) is 23.0 Å². The molecule has 0 fully saturated rings. The molecule has 1 aromatic heterocycles. The molecule has 0 aliphatic rings. The SMILES string of the molecule is COc1ccc(-c2cnnn2-c2cc(OC)c(OC)c(OC)c2)cc1NC(=O)C(N)CCCCN.Cl. The van der Waals surface area contributed by atoms with Gasteiger partial charge in [-0.3, -0.25) is 4.79 Å². The summed E-state index contributed by atoms with van der Waals surface area (Å²) in [7, 11) is 6.16. The van der Waals surface area contributed by atoms with Gasteiger partial charge in [0.05, 0.1) is 57.7 Å². The van der Waals surface area contributed by atoms with Crippen LogP contribution in [-0.2, 0) is 4.79 Å². The predicted octanol–water partition coefficient (Wildman–Crippen LogP) is 2.79. The standard InChI is InChI=1S/C24H32N6O5.ClH/c1-32-20-9-8-15(11-18(20)28-24(31)17(26)7-5-6-10-25)19-14-27-29-30(19)16-12-21(33-2)23(35-4)22(13-16)34-3;/h8-9,11-14,17H,5-7,10,25-26H2,1-4H3,(H,28,31);1H. The topological polar surface area (TPSA) is 149 Å². The maximum absolute atomic E-state index is 12.7. The molecule has 0 saturated carbocycles. The Morgan fingerprint density at radius 2 is 1.67 bits per heavy atom. The summed E-state index contributed by atoms with van der Waals surface area (Å²) >= 11 is 0. The number of amides is 1. The van der Waals surface area contributed by atoms with Gasteiger partial charge >= 0.3 is 0 Å². The van der Waals surface area contributed by atoms with Gasteiger partial charge in [0.2, 0.25) is 11.7 Å². The Labute approximate surface area is 216 Å². The Kier molecular flexibility index (Phi) is 10.8. The van der Waals surface area contributed by atoms with Crippen LogP contribution < -0.4 is 35.7 Å². The molecule has 0 saturated heterocycles. The first-order chi connectivity index (χ1) is 17.0. The third-order valence-corrected chi connectivity index (χ3v) is 5.50. The van der Waals surface area contributed by atoms with Gasteiger partial charge < -0.3 is 35.7 Å². The van der Waals surface area contributed by atoms with E-state index in [9.17, 15) is 4.79 Å². The highest BCUT2D eigenvalue weighted by atomic mass is 35.5. The van der Waals surface area contributed by atoms with E-state index in [2.05, 4.69) is 15.6 Å². The number of unbranched alkanes of at least 4 members (excludes halogenated alkanes) is 1. The first-order valence-electron chi connectivity index (χ1n) is 11.1. The summed E-state index contributed by atoms with van der Waals surface area (Å²) in [6.45, 7) is 0.567. The Morgan fingerprint density at radius 3 is 2.25 bits per heavy atom. The molecule has 1 amide bonds. The maximum Gasteiger partial charge on any atom is 0.241 e. The normalized spacial score (nSPS) is 11.3. The van der Waals surface area contributed by atoms with Gasteiger partial charge in [-0.1, -0.05) is 11.6 Å². The molecule has 0 spiro atoms. The zero-order chi connectivity index (χ0) is 25.4. The third-order valence-electron chi connectivity index (χ3n) is 5.50. The number of aromatic nitrogens is 3. The van der Waals surface area contributed by atoms with E-state index >= 15 is 0 Å². The average Bonchev–Trinajstić information content (AvgIpc) is 3.37. The second-order valence-electron chi connectivity index (χ2n) is 7.71. The molecule has 1 atom stereocenters. The molecule has 196 valence electrons. The smallest absolute Gasteiger partial charge is 0.241 e. The lowest BCUT2D eigenvalue weighted by Crippen LogP contribution is -2.35. The number of carbonyl (C=O) groups excluding carboxylic acids is 1. The van der Waals surface area contributed by atoms with E-state index in [1.165, 1.54) is 14.2 Å². The number of halogens is 1. The summed E-state index contributed by atoms with van der Waals surface area (Å²) in [6, 6.07) is 8.29. The summed E-state index contributed by atoms with van der Waals surface area (Å²) in [5, 5.41) is 11.2. The molecular weight excluding hydrogens is 488 g/mol. The van der Waals surface area contributed by atoms with Gasteiger partial charge in [-0.15, -0.1) is 17.5 Å². The molecule has 3 rings (SSSR count). The molecule has 0 radical (unpaired) electrons. The van der Waals surface area contributed by atoms with Crippen molar-refractivity contribution in [2.75, 3.05) is 40.3 Å². The lowest BCUT2D eigenvalue weighted by atomic mass is 10.1. The number of methoxy groups -OCH3 is 4. The van der Waals surface area contributed by atoms with Crippen LogP contribution >= 0.6 is 12.4 Å². The number of hydrogen-bond donors (Lipinski definition) is 3. The van der Waals surface area contributed by atoms with Crippen molar-refractivity contribution in [2.45, 2.75) is 25.3 Å². The number of nitrogens with one attached hydrogen (secondary N) is 1. The fourth-order valence-corrected chi connectivity index (χ4v) is 3.64. The van der Waals surface area contributed by atoms with Crippen LogP contribution in [0.15, 0.2) is 36.5 Å². The number of carbonyl (C=O) groups is 1. The molecule has 11 nitrogen and oxygen atoms in total. The van der Waals surface area contributed by atoms with E-state index in [4.69, 9.17) is 30.4 Å². The van der Waals surface area contributed by atoms with E-state index in [1.807, 2.05) is 6.07 Å². The molecule has 12 heteroatoms. The molecule has 36 heavy (non-hydrogen) atoms. The average molecular weight is 521 g/mol. The van der Waals surface area contributed by atoms with Gasteiger partial charge in [0.1, 0.15) is 5.75 Å². The van der Waals surface area contributed by atoms with Crippen LogP contribution in [0.2, 0.25) is 0 Å². The van der Waals surface area contributed by atoms with Crippen LogP contribution in [0.4, 0.5) is 5.69 Å². The zero-order valence-electron chi connectivity index (χ0n) is 20.8. The lowest BCUT2D eigenvalue weighted by molar-refractivity contribution is -0.117. The van der Waals surface area contributed by atoms with Crippen molar-refractivity contribution in [1.29, 1.82) is 0 Å². The molecule has 5 N–H and O–H groups in total.